The molecule has 0 fully saturated rings. The SMILES string of the molecule is CS(=O)(=O)c1cc(F)c(-c2coc(=O)n2-c2ccccc2)cc1F. The van der Waals surface area contributed by atoms with Gasteiger partial charge in [-0.3, -0.25) is 0 Å². The molecule has 1 heterocycles. The van der Waals surface area contributed by atoms with Gasteiger partial charge < -0.3 is 4.42 Å². The van der Waals surface area contributed by atoms with Crippen LogP contribution in [0.4, 0.5) is 8.78 Å². The van der Waals surface area contributed by atoms with Crippen LogP contribution in [0.25, 0.3) is 16.9 Å². The molecule has 8 heteroatoms. The Bertz CT molecular complexity index is 1070. The molecule has 2 aromatic carbocycles. The predicted octanol–water partition coefficient (Wildman–Crippen LogP) is 2.78. The van der Waals surface area contributed by atoms with Crippen molar-refractivity contribution in [1.82, 2.24) is 4.57 Å². The summed E-state index contributed by atoms with van der Waals surface area (Å²) >= 11 is 0. The second-order valence-electron chi connectivity index (χ2n) is 5.09. The molecule has 0 aliphatic heterocycles. The zero-order chi connectivity index (χ0) is 17.5. The van der Waals surface area contributed by atoms with E-state index in [2.05, 4.69) is 0 Å². The van der Waals surface area contributed by atoms with E-state index in [1.54, 1.807) is 30.3 Å². The van der Waals surface area contributed by atoms with E-state index in [1.807, 2.05) is 0 Å². The molecule has 3 aromatic rings. The Morgan fingerprint density at radius 3 is 2.33 bits per heavy atom. The molecule has 0 amide bonds. The van der Waals surface area contributed by atoms with E-state index in [9.17, 15) is 22.0 Å². The minimum Gasteiger partial charge on any atom is -0.415 e. The molecule has 0 aliphatic rings. The van der Waals surface area contributed by atoms with E-state index in [1.165, 1.54) is 0 Å². The smallest absolute Gasteiger partial charge is 0.415 e. The summed E-state index contributed by atoms with van der Waals surface area (Å²) in [4.78, 5) is 11.2. The summed E-state index contributed by atoms with van der Waals surface area (Å²) in [6.07, 6.45) is 1.77. The Kier molecular flexibility index (Phi) is 3.84. The Labute approximate surface area is 135 Å². The van der Waals surface area contributed by atoms with Crippen LogP contribution < -0.4 is 5.76 Å². The largest absolute Gasteiger partial charge is 0.424 e. The molecule has 0 spiro atoms. The van der Waals surface area contributed by atoms with Crippen LogP contribution >= 0.6 is 0 Å². The maximum Gasteiger partial charge on any atom is 0.424 e. The summed E-state index contributed by atoms with van der Waals surface area (Å²) < 4.78 is 57.2. The molecular weight excluding hydrogens is 340 g/mol. The lowest BCUT2D eigenvalue weighted by atomic mass is 10.1. The molecule has 0 unspecified atom stereocenters. The summed E-state index contributed by atoms with van der Waals surface area (Å²) in [5.41, 5.74) is 0.0931. The molecule has 0 saturated carbocycles. The minimum atomic E-state index is -3.92. The van der Waals surface area contributed by atoms with Crippen molar-refractivity contribution in [3.63, 3.8) is 0 Å². The number of sulfone groups is 1. The van der Waals surface area contributed by atoms with E-state index in [0.717, 1.165) is 23.2 Å². The quantitative estimate of drug-likeness (QED) is 0.728. The first-order valence-electron chi connectivity index (χ1n) is 6.74. The van der Waals surface area contributed by atoms with E-state index >= 15 is 0 Å². The molecular formula is C16H11F2NO4S. The molecule has 24 heavy (non-hydrogen) atoms. The third-order valence-corrected chi connectivity index (χ3v) is 4.52. The molecule has 3 rings (SSSR count). The number of para-hydroxylation sites is 1. The van der Waals surface area contributed by atoms with Gasteiger partial charge >= 0.3 is 5.76 Å². The van der Waals surface area contributed by atoms with Gasteiger partial charge in [0.15, 0.2) is 9.84 Å². The van der Waals surface area contributed by atoms with Crippen molar-refractivity contribution in [2.75, 3.05) is 6.26 Å². The van der Waals surface area contributed by atoms with Gasteiger partial charge in [0, 0.05) is 11.8 Å². The van der Waals surface area contributed by atoms with Gasteiger partial charge in [0.25, 0.3) is 0 Å². The van der Waals surface area contributed by atoms with Crippen LogP contribution in [0.1, 0.15) is 0 Å². The molecule has 1 aromatic heterocycles. The zero-order valence-electron chi connectivity index (χ0n) is 12.4. The summed E-state index contributed by atoms with van der Waals surface area (Å²) in [6, 6.07) is 9.58. The minimum absolute atomic E-state index is 0.0253. The topological polar surface area (TPSA) is 69.3 Å². The van der Waals surface area contributed by atoms with Crippen molar-refractivity contribution < 1.29 is 21.6 Å². The lowest BCUT2D eigenvalue weighted by Crippen LogP contribution is -2.13. The Hall–Kier alpha value is -2.74. The summed E-state index contributed by atoms with van der Waals surface area (Å²) in [5, 5.41) is 0. The summed E-state index contributed by atoms with van der Waals surface area (Å²) in [5.74, 6) is -2.87. The van der Waals surface area contributed by atoms with Gasteiger partial charge in [-0.15, -0.1) is 0 Å². The average molecular weight is 351 g/mol. The highest BCUT2D eigenvalue weighted by molar-refractivity contribution is 7.90. The molecule has 0 aliphatic carbocycles. The van der Waals surface area contributed by atoms with Crippen molar-refractivity contribution in [3.05, 3.63) is 70.9 Å². The molecule has 0 atom stereocenters. The third kappa shape index (κ3) is 2.76. The highest BCUT2D eigenvalue weighted by Crippen LogP contribution is 2.28. The molecule has 0 bridgehead atoms. The van der Waals surface area contributed by atoms with Crippen LogP contribution in [0.2, 0.25) is 0 Å². The van der Waals surface area contributed by atoms with Gasteiger partial charge in [0.2, 0.25) is 0 Å². The van der Waals surface area contributed by atoms with Crippen LogP contribution in [-0.2, 0) is 9.84 Å². The van der Waals surface area contributed by atoms with Crippen LogP contribution in [0.15, 0.2) is 62.8 Å². The lowest BCUT2D eigenvalue weighted by molar-refractivity contribution is 0.504. The van der Waals surface area contributed by atoms with Crippen molar-refractivity contribution in [3.8, 4) is 16.9 Å². The Morgan fingerprint density at radius 1 is 1.04 bits per heavy atom. The second-order valence-corrected chi connectivity index (χ2v) is 7.08. The van der Waals surface area contributed by atoms with Crippen LogP contribution in [0.5, 0.6) is 0 Å². The Balaban J connectivity index is 2.26. The van der Waals surface area contributed by atoms with Gasteiger partial charge in [-0.1, -0.05) is 18.2 Å². The average Bonchev–Trinajstić information content (AvgIpc) is 2.90. The van der Waals surface area contributed by atoms with E-state index in [4.69, 9.17) is 4.42 Å². The van der Waals surface area contributed by atoms with Gasteiger partial charge in [0.05, 0.1) is 11.4 Å². The number of nitrogens with zero attached hydrogens (tertiary/aromatic N) is 1. The number of rotatable bonds is 3. The van der Waals surface area contributed by atoms with Crippen molar-refractivity contribution >= 4 is 9.84 Å². The molecule has 124 valence electrons. The van der Waals surface area contributed by atoms with Gasteiger partial charge in [0.1, 0.15) is 22.8 Å². The first-order valence-corrected chi connectivity index (χ1v) is 8.63. The molecule has 0 saturated heterocycles. The highest BCUT2D eigenvalue weighted by Gasteiger charge is 2.22. The van der Waals surface area contributed by atoms with Crippen LogP contribution in [-0.4, -0.2) is 19.2 Å². The standard InChI is InChI=1S/C16H11F2NO4S/c1-24(21,22)15-8-12(17)11(7-13(15)18)14-9-23-16(20)19(14)10-5-3-2-4-6-10/h2-9H,1H3. The summed E-state index contributed by atoms with van der Waals surface area (Å²) in [6.45, 7) is 0. The number of halogens is 2. The fourth-order valence-corrected chi connectivity index (χ4v) is 3.06. The molecule has 5 nitrogen and oxygen atoms in total. The lowest BCUT2D eigenvalue weighted by Gasteiger charge is -2.09. The number of hydrogen-bond acceptors (Lipinski definition) is 4. The zero-order valence-corrected chi connectivity index (χ0v) is 13.2. The number of aromatic nitrogens is 1. The maximum atomic E-state index is 14.4. The van der Waals surface area contributed by atoms with Gasteiger partial charge in [-0.25, -0.2) is 26.6 Å². The van der Waals surface area contributed by atoms with Crippen molar-refractivity contribution in [2.24, 2.45) is 0 Å². The number of benzene rings is 2. The molecule has 0 radical (unpaired) electrons. The van der Waals surface area contributed by atoms with E-state index in [0.29, 0.717) is 11.8 Å². The van der Waals surface area contributed by atoms with Crippen LogP contribution in [0.3, 0.4) is 0 Å². The second kappa shape index (κ2) is 5.72. The normalized spacial score (nSPS) is 11.6. The maximum absolute atomic E-state index is 14.4. The van der Waals surface area contributed by atoms with Gasteiger partial charge in [-0.05, 0) is 24.3 Å². The molecule has 0 N–H and O–H groups in total. The van der Waals surface area contributed by atoms with E-state index < -0.39 is 32.1 Å². The third-order valence-electron chi connectivity index (χ3n) is 3.41. The Morgan fingerprint density at radius 2 is 1.71 bits per heavy atom. The first kappa shape index (κ1) is 16.1. The summed E-state index contributed by atoms with van der Waals surface area (Å²) in [7, 11) is -3.92. The van der Waals surface area contributed by atoms with Crippen molar-refractivity contribution in [2.45, 2.75) is 4.90 Å². The first-order chi connectivity index (χ1) is 11.3. The fraction of sp³-hybridized carbons (Fsp3) is 0.0625. The highest BCUT2D eigenvalue weighted by atomic mass is 32.2. The van der Waals surface area contributed by atoms with Gasteiger partial charge in [-0.2, -0.15) is 0 Å². The van der Waals surface area contributed by atoms with Crippen molar-refractivity contribution in [1.29, 1.82) is 0 Å². The fourth-order valence-electron chi connectivity index (χ4n) is 2.32. The number of oxazole rings is 1. The number of hydrogen-bond donors (Lipinski definition) is 0. The van der Waals surface area contributed by atoms with Crippen LogP contribution in [0, 0.1) is 11.6 Å². The monoisotopic (exact) mass is 351 g/mol. The predicted molar refractivity (Wildman–Crippen MR) is 82.8 cm³/mol. The van der Waals surface area contributed by atoms with E-state index in [-0.39, 0.29) is 11.3 Å².